The summed E-state index contributed by atoms with van der Waals surface area (Å²) in [5.41, 5.74) is 3.42. The van der Waals surface area contributed by atoms with Crippen molar-refractivity contribution in [1.29, 1.82) is 0 Å². The molecule has 2 aliphatic carbocycles. The molecule has 5 atom stereocenters. The Balaban J connectivity index is 1.45. The Morgan fingerprint density at radius 3 is 2.76 bits per heavy atom. The second-order valence-corrected chi connectivity index (χ2v) is 12.8. The highest BCUT2D eigenvalue weighted by Gasteiger charge is 2.75. The first-order chi connectivity index (χ1) is 19.7. The number of nitrogens with zero attached hydrogens (tertiary/aromatic N) is 2. The number of esters is 1. The molecule has 0 N–H and O–H groups in total. The molecule has 6 nitrogen and oxygen atoms in total. The Morgan fingerprint density at radius 1 is 1.22 bits per heavy atom. The normalized spacial score (nSPS) is 29.6. The maximum absolute atomic E-state index is 14.0. The third-order valence-corrected chi connectivity index (χ3v) is 9.80. The minimum atomic E-state index is -0.717. The Morgan fingerprint density at radius 2 is 2.02 bits per heavy atom. The summed E-state index contributed by atoms with van der Waals surface area (Å²) in [5.74, 6) is 0.921. The topological polar surface area (TPSA) is 59.1 Å². The number of piperidine rings is 1. The number of aryl methyl sites for hydroxylation is 1. The van der Waals surface area contributed by atoms with E-state index in [-0.39, 0.29) is 36.0 Å². The SMILES string of the molecule is C=CCN1CC[C@]23c4c5cccc4OC2C(N(CC(C)C)C(=O)/C=C/c2cccc(C)c2)CC[C@@]3(OC(C)=O)[C@H]1C5. The average molecular weight is 555 g/mol. The molecule has 1 saturated carbocycles. The molecule has 6 rings (SSSR count). The van der Waals surface area contributed by atoms with Gasteiger partial charge in [-0.1, -0.05) is 61.9 Å². The van der Waals surface area contributed by atoms with Gasteiger partial charge in [0.05, 0.1) is 17.5 Å². The van der Waals surface area contributed by atoms with E-state index >= 15 is 0 Å². The van der Waals surface area contributed by atoms with Gasteiger partial charge in [0, 0.05) is 38.2 Å². The van der Waals surface area contributed by atoms with Gasteiger partial charge in [-0.25, -0.2) is 0 Å². The van der Waals surface area contributed by atoms with Crippen LogP contribution in [0.4, 0.5) is 0 Å². The first-order valence-electron chi connectivity index (χ1n) is 15.1. The molecule has 2 fully saturated rings. The zero-order valence-electron chi connectivity index (χ0n) is 24.8. The van der Waals surface area contributed by atoms with Crippen LogP contribution in [0, 0.1) is 12.8 Å². The monoisotopic (exact) mass is 554 g/mol. The summed E-state index contributed by atoms with van der Waals surface area (Å²) < 4.78 is 13.5. The molecule has 216 valence electrons. The quantitative estimate of drug-likeness (QED) is 0.246. The van der Waals surface area contributed by atoms with Crippen molar-refractivity contribution in [3.8, 4) is 5.75 Å². The standard InChI is InChI=1S/C35H42N2O4/c1-6-18-36-19-17-34-32-27-11-8-12-29(32)40-33(34)28(15-16-35(34,30(36)21-27)41-25(5)38)37(22-23(2)3)31(39)14-13-26-10-7-9-24(4)20-26/h6-14,20,23,28,30,33H,1,15-19,21-22H2,2-5H3/b14-13+/t28?,30-,33?,34+,35-/m1/s1. The molecular formula is C35H42N2O4. The van der Waals surface area contributed by atoms with Crippen molar-refractivity contribution in [2.45, 2.75) is 82.6 Å². The van der Waals surface area contributed by atoms with Crippen LogP contribution in [-0.4, -0.2) is 65.1 Å². The zero-order chi connectivity index (χ0) is 28.9. The molecule has 2 aliphatic heterocycles. The molecule has 2 aromatic carbocycles. The molecule has 2 aromatic rings. The van der Waals surface area contributed by atoms with Gasteiger partial charge in [0.1, 0.15) is 17.5 Å². The lowest BCUT2D eigenvalue weighted by Crippen LogP contribution is -2.79. The second kappa shape index (κ2) is 10.5. The van der Waals surface area contributed by atoms with Crippen LogP contribution in [0.25, 0.3) is 6.08 Å². The number of rotatable bonds is 8. The third kappa shape index (κ3) is 4.34. The molecule has 41 heavy (non-hydrogen) atoms. The van der Waals surface area contributed by atoms with Gasteiger partial charge >= 0.3 is 5.97 Å². The van der Waals surface area contributed by atoms with Crippen molar-refractivity contribution < 1.29 is 19.1 Å². The maximum atomic E-state index is 14.0. The van der Waals surface area contributed by atoms with Crippen LogP contribution in [0.3, 0.4) is 0 Å². The summed E-state index contributed by atoms with van der Waals surface area (Å²) in [5, 5.41) is 0. The highest BCUT2D eigenvalue weighted by Crippen LogP contribution is 2.65. The van der Waals surface area contributed by atoms with Crippen LogP contribution >= 0.6 is 0 Å². The number of likely N-dealkylation sites (tertiary alicyclic amines) is 1. The number of hydrogen-bond acceptors (Lipinski definition) is 5. The maximum Gasteiger partial charge on any atom is 0.303 e. The van der Waals surface area contributed by atoms with E-state index < -0.39 is 11.0 Å². The van der Waals surface area contributed by atoms with Gasteiger partial charge in [-0.15, -0.1) is 6.58 Å². The molecule has 6 heteroatoms. The fraction of sp³-hybridized carbons (Fsp3) is 0.486. The molecule has 4 aliphatic rings. The molecule has 1 saturated heterocycles. The fourth-order valence-electron chi connectivity index (χ4n) is 8.53. The van der Waals surface area contributed by atoms with E-state index in [4.69, 9.17) is 9.47 Å². The van der Waals surface area contributed by atoms with Crippen LogP contribution in [0.5, 0.6) is 5.75 Å². The number of ether oxygens (including phenoxy) is 2. The van der Waals surface area contributed by atoms with Crippen LogP contribution < -0.4 is 4.74 Å². The number of amides is 1. The fourth-order valence-corrected chi connectivity index (χ4v) is 8.53. The molecule has 0 aromatic heterocycles. The van der Waals surface area contributed by atoms with Crippen molar-refractivity contribution in [2.24, 2.45) is 5.92 Å². The van der Waals surface area contributed by atoms with Crippen LogP contribution in [0.1, 0.15) is 62.3 Å². The summed E-state index contributed by atoms with van der Waals surface area (Å²) in [4.78, 5) is 31.3. The molecular weight excluding hydrogens is 512 g/mol. The number of hydrogen-bond donors (Lipinski definition) is 0. The Labute approximate surface area is 244 Å². The van der Waals surface area contributed by atoms with Crippen LogP contribution in [0.15, 0.2) is 61.2 Å². The Hall–Kier alpha value is -3.38. The summed E-state index contributed by atoms with van der Waals surface area (Å²) in [6.45, 7) is 14.2. The minimum Gasteiger partial charge on any atom is -0.487 e. The zero-order valence-corrected chi connectivity index (χ0v) is 24.8. The van der Waals surface area contributed by atoms with E-state index in [1.54, 1.807) is 6.08 Å². The summed E-state index contributed by atoms with van der Waals surface area (Å²) in [6.07, 6.45) is 8.29. The van der Waals surface area contributed by atoms with Crippen molar-refractivity contribution in [1.82, 2.24) is 9.80 Å². The molecule has 2 unspecified atom stereocenters. The largest absolute Gasteiger partial charge is 0.487 e. The van der Waals surface area contributed by atoms with Gasteiger partial charge < -0.3 is 14.4 Å². The Kier molecular flexibility index (Phi) is 7.09. The highest BCUT2D eigenvalue weighted by molar-refractivity contribution is 5.92. The summed E-state index contributed by atoms with van der Waals surface area (Å²) in [6, 6.07) is 14.4. The van der Waals surface area contributed by atoms with Crippen molar-refractivity contribution >= 4 is 18.0 Å². The van der Waals surface area contributed by atoms with E-state index in [1.807, 2.05) is 29.2 Å². The third-order valence-electron chi connectivity index (χ3n) is 9.80. The van der Waals surface area contributed by atoms with Gasteiger partial charge in [-0.2, -0.15) is 0 Å². The Bertz CT molecular complexity index is 1400. The number of carbonyl (C=O) groups is 2. The van der Waals surface area contributed by atoms with Crippen molar-refractivity contribution in [2.75, 3.05) is 19.6 Å². The lowest BCUT2D eigenvalue weighted by Gasteiger charge is -2.65. The van der Waals surface area contributed by atoms with E-state index in [0.29, 0.717) is 19.4 Å². The van der Waals surface area contributed by atoms with Crippen molar-refractivity contribution in [3.05, 3.63) is 83.4 Å². The van der Waals surface area contributed by atoms with Gasteiger partial charge in [0.2, 0.25) is 5.91 Å². The van der Waals surface area contributed by atoms with Gasteiger partial charge in [0.25, 0.3) is 0 Å². The van der Waals surface area contributed by atoms with Gasteiger partial charge in [-0.05, 0) is 61.8 Å². The van der Waals surface area contributed by atoms with Crippen LogP contribution in [0.2, 0.25) is 0 Å². The molecule has 1 amide bonds. The smallest absolute Gasteiger partial charge is 0.303 e. The van der Waals surface area contributed by atoms with E-state index in [9.17, 15) is 9.59 Å². The first kappa shape index (κ1) is 27.8. The predicted octanol–water partition coefficient (Wildman–Crippen LogP) is 5.47. The number of carbonyl (C=O) groups excluding carboxylic acids is 2. The lowest BCUT2D eigenvalue weighted by molar-refractivity contribution is -0.223. The molecule has 2 heterocycles. The highest BCUT2D eigenvalue weighted by atomic mass is 16.6. The van der Waals surface area contributed by atoms with Gasteiger partial charge in [-0.3, -0.25) is 14.5 Å². The second-order valence-electron chi connectivity index (χ2n) is 12.8. The predicted molar refractivity (Wildman–Crippen MR) is 161 cm³/mol. The molecule has 0 radical (unpaired) electrons. The van der Waals surface area contributed by atoms with E-state index in [2.05, 4.69) is 62.6 Å². The van der Waals surface area contributed by atoms with Crippen LogP contribution in [-0.2, 0) is 26.2 Å². The van der Waals surface area contributed by atoms with E-state index in [0.717, 1.165) is 42.8 Å². The molecule has 1 spiro atoms. The summed E-state index contributed by atoms with van der Waals surface area (Å²) in [7, 11) is 0. The average Bonchev–Trinajstić information content (AvgIpc) is 3.27. The first-order valence-corrected chi connectivity index (χ1v) is 15.1. The van der Waals surface area contributed by atoms with Gasteiger partial charge in [0.15, 0.2) is 0 Å². The lowest BCUT2D eigenvalue weighted by atomic mass is 9.48. The number of benzene rings is 2. The van der Waals surface area contributed by atoms with E-state index in [1.165, 1.54) is 18.1 Å². The van der Waals surface area contributed by atoms with Crippen molar-refractivity contribution in [3.63, 3.8) is 0 Å². The summed E-state index contributed by atoms with van der Waals surface area (Å²) >= 11 is 0. The molecule has 2 bridgehead atoms. The minimum absolute atomic E-state index is 0.00201.